The van der Waals surface area contributed by atoms with Gasteiger partial charge in [-0.3, -0.25) is 0 Å². The summed E-state index contributed by atoms with van der Waals surface area (Å²) in [7, 11) is 1.89. The number of anilines is 2. The zero-order valence-corrected chi connectivity index (χ0v) is 11.7. The molecule has 0 atom stereocenters. The molecule has 0 saturated heterocycles. The van der Waals surface area contributed by atoms with Gasteiger partial charge in [0, 0.05) is 18.9 Å². The molecular weight excluding hydrogens is 277 g/mol. The summed E-state index contributed by atoms with van der Waals surface area (Å²) in [6.07, 6.45) is 1.93. The van der Waals surface area contributed by atoms with Crippen LogP contribution >= 0.6 is 11.6 Å². The first-order chi connectivity index (χ1) is 9.70. The summed E-state index contributed by atoms with van der Waals surface area (Å²) in [5, 5.41) is 0. The quantitative estimate of drug-likeness (QED) is 0.680. The zero-order valence-electron chi connectivity index (χ0n) is 10.9. The minimum Gasteiger partial charge on any atom is -0.328 e. The number of alkyl halides is 1. The maximum absolute atomic E-state index is 13.0. The van der Waals surface area contributed by atoms with Crippen molar-refractivity contribution in [3.05, 3.63) is 60.2 Å². The van der Waals surface area contributed by atoms with Gasteiger partial charge in [-0.05, 0) is 36.4 Å². The van der Waals surface area contributed by atoms with E-state index in [0.717, 1.165) is 22.8 Å². The molecular formula is C15H13ClFN3. The van der Waals surface area contributed by atoms with Gasteiger partial charge in [0.2, 0.25) is 0 Å². The second-order valence-electron chi connectivity index (χ2n) is 4.48. The highest BCUT2D eigenvalue weighted by Gasteiger charge is 2.15. The Bertz CT molecular complexity index is 736. The summed E-state index contributed by atoms with van der Waals surface area (Å²) in [4.78, 5) is 6.50. The van der Waals surface area contributed by atoms with Gasteiger partial charge in [-0.15, -0.1) is 11.6 Å². The number of halogens is 2. The lowest BCUT2D eigenvalue weighted by atomic mass is 10.3. The van der Waals surface area contributed by atoms with Crippen LogP contribution in [0.4, 0.5) is 15.9 Å². The van der Waals surface area contributed by atoms with Crippen LogP contribution in [0.2, 0.25) is 0 Å². The normalized spacial score (nSPS) is 10.9. The van der Waals surface area contributed by atoms with E-state index in [-0.39, 0.29) is 5.82 Å². The van der Waals surface area contributed by atoms with Crippen LogP contribution in [0, 0.1) is 5.82 Å². The highest BCUT2D eigenvalue weighted by molar-refractivity contribution is 6.17. The van der Waals surface area contributed by atoms with Crippen molar-refractivity contribution in [3.8, 4) is 0 Å². The van der Waals surface area contributed by atoms with Gasteiger partial charge in [0.1, 0.15) is 11.5 Å². The molecule has 0 fully saturated rings. The van der Waals surface area contributed by atoms with Gasteiger partial charge in [-0.25, -0.2) is 9.37 Å². The molecule has 0 radical (unpaired) electrons. The van der Waals surface area contributed by atoms with Crippen LogP contribution in [-0.2, 0) is 5.88 Å². The molecule has 0 amide bonds. The lowest BCUT2D eigenvalue weighted by Gasteiger charge is -2.17. The van der Waals surface area contributed by atoms with Crippen LogP contribution < -0.4 is 4.90 Å². The maximum atomic E-state index is 13.0. The Morgan fingerprint density at radius 1 is 1.20 bits per heavy atom. The van der Waals surface area contributed by atoms with E-state index in [2.05, 4.69) is 4.98 Å². The first-order valence-electron chi connectivity index (χ1n) is 6.22. The lowest BCUT2D eigenvalue weighted by molar-refractivity contribution is 0.628. The van der Waals surface area contributed by atoms with Crippen molar-refractivity contribution in [2.24, 2.45) is 0 Å². The van der Waals surface area contributed by atoms with Crippen molar-refractivity contribution >= 4 is 28.8 Å². The predicted octanol–water partition coefficient (Wildman–Crippen LogP) is 3.98. The van der Waals surface area contributed by atoms with Crippen LogP contribution in [-0.4, -0.2) is 16.4 Å². The monoisotopic (exact) mass is 289 g/mol. The Balaban J connectivity index is 2.11. The molecule has 0 aliphatic carbocycles. The van der Waals surface area contributed by atoms with E-state index in [1.54, 1.807) is 12.1 Å². The molecule has 0 unspecified atom stereocenters. The second kappa shape index (κ2) is 5.13. The number of fused-ring (bicyclic) bond motifs is 1. The van der Waals surface area contributed by atoms with Gasteiger partial charge in [0.05, 0.1) is 11.6 Å². The van der Waals surface area contributed by atoms with Crippen LogP contribution in [0.1, 0.15) is 5.69 Å². The minimum atomic E-state index is -0.255. The predicted molar refractivity (Wildman–Crippen MR) is 79.2 cm³/mol. The van der Waals surface area contributed by atoms with E-state index in [9.17, 15) is 4.39 Å². The number of hydrogen-bond donors (Lipinski definition) is 0. The lowest BCUT2D eigenvalue weighted by Crippen LogP contribution is -2.11. The minimum absolute atomic E-state index is 0.255. The van der Waals surface area contributed by atoms with E-state index in [1.807, 2.05) is 40.7 Å². The molecule has 5 heteroatoms. The van der Waals surface area contributed by atoms with Gasteiger partial charge in [0.15, 0.2) is 5.82 Å². The topological polar surface area (TPSA) is 20.5 Å². The van der Waals surface area contributed by atoms with Crippen LogP contribution in [0.3, 0.4) is 0 Å². The van der Waals surface area contributed by atoms with Crippen molar-refractivity contribution in [3.63, 3.8) is 0 Å². The first kappa shape index (κ1) is 12.9. The highest BCUT2D eigenvalue weighted by atomic mass is 35.5. The molecule has 20 heavy (non-hydrogen) atoms. The molecule has 0 bridgehead atoms. The molecule has 0 spiro atoms. The van der Waals surface area contributed by atoms with E-state index in [1.165, 1.54) is 12.1 Å². The smallest absolute Gasteiger partial charge is 0.156 e. The number of nitrogens with zero attached hydrogens (tertiary/aromatic N) is 3. The Morgan fingerprint density at radius 3 is 2.65 bits per heavy atom. The number of imidazole rings is 1. The summed E-state index contributed by atoms with van der Waals surface area (Å²) < 4.78 is 15.0. The standard InChI is InChI=1S/C15H13ClFN3/c1-19(12-7-5-11(17)6-8-12)15-13(10-16)20-9-3-2-4-14(20)18-15/h2-9H,10H2,1H3. The van der Waals surface area contributed by atoms with Gasteiger partial charge < -0.3 is 9.30 Å². The molecule has 1 aromatic carbocycles. The van der Waals surface area contributed by atoms with Gasteiger partial charge in [0.25, 0.3) is 0 Å². The average molecular weight is 290 g/mol. The Kier molecular flexibility index (Phi) is 3.32. The van der Waals surface area contributed by atoms with Crippen molar-refractivity contribution in [2.45, 2.75) is 5.88 Å². The molecule has 2 heterocycles. The highest BCUT2D eigenvalue weighted by Crippen LogP contribution is 2.28. The molecule has 2 aromatic heterocycles. The third kappa shape index (κ3) is 2.12. The van der Waals surface area contributed by atoms with E-state index >= 15 is 0 Å². The molecule has 3 nitrogen and oxygen atoms in total. The summed E-state index contributed by atoms with van der Waals surface area (Å²) in [5.41, 5.74) is 2.61. The fourth-order valence-corrected chi connectivity index (χ4v) is 2.46. The zero-order chi connectivity index (χ0) is 14.1. The SMILES string of the molecule is CN(c1ccc(F)cc1)c1nc2ccccn2c1CCl. The van der Waals surface area contributed by atoms with Crippen LogP contribution in [0.25, 0.3) is 5.65 Å². The molecule has 0 saturated carbocycles. The summed E-state index contributed by atoms with van der Waals surface area (Å²) in [6, 6.07) is 12.1. The fourth-order valence-electron chi connectivity index (χ4n) is 2.21. The Labute approximate surface area is 121 Å². The van der Waals surface area contributed by atoms with E-state index in [0.29, 0.717) is 5.88 Å². The van der Waals surface area contributed by atoms with Gasteiger partial charge in [-0.1, -0.05) is 6.07 Å². The molecule has 0 aliphatic rings. The third-order valence-corrected chi connectivity index (χ3v) is 3.52. The van der Waals surface area contributed by atoms with Crippen molar-refractivity contribution in [1.82, 2.24) is 9.38 Å². The Hall–Kier alpha value is -2.07. The molecule has 3 rings (SSSR count). The van der Waals surface area contributed by atoms with Crippen molar-refractivity contribution in [1.29, 1.82) is 0 Å². The number of rotatable bonds is 3. The molecule has 0 aliphatic heterocycles. The number of aromatic nitrogens is 2. The number of benzene rings is 1. The average Bonchev–Trinajstić information content (AvgIpc) is 2.85. The summed E-state index contributed by atoms with van der Waals surface area (Å²) in [5.74, 6) is 0.874. The van der Waals surface area contributed by atoms with Crippen molar-refractivity contribution < 1.29 is 4.39 Å². The van der Waals surface area contributed by atoms with Crippen LogP contribution in [0.5, 0.6) is 0 Å². The van der Waals surface area contributed by atoms with E-state index < -0.39 is 0 Å². The third-order valence-electron chi connectivity index (χ3n) is 3.27. The summed E-state index contributed by atoms with van der Waals surface area (Å²) >= 11 is 6.06. The largest absolute Gasteiger partial charge is 0.328 e. The fraction of sp³-hybridized carbons (Fsp3) is 0.133. The van der Waals surface area contributed by atoms with Gasteiger partial charge in [-0.2, -0.15) is 0 Å². The van der Waals surface area contributed by atoms with Gasteiger partial charge >= 0.3 is 0 Å². The maximum Gasteiger partial charge on any atom is 0.156 e. The molecule has 0 N–H and O–H groups in total. The van der Waals surface area contributed by atoms with E-state index in [4.69, 9.17) is 11.6 Å². The molecule has 3 aromatic rings. The van der Waals surface area contributed by atoms with Crippen molar-refractivity contribution in [2.75, 3.05) is 11.9 Å². The first-order valence-corrected chi connectivity index (χ1v) is 6.75. The number of hydrogen-bond acceptors (Lipinski definition) is 2. The Morgan fingerprint density at radius 2 is 1.95 bits per heavy atom. The van der Waals surface area contributed by atoms with Crippen LogP contribution in [0.15, 0.2) is 48.7 Å². The second-order valence-corrected chi connectivity index (χ2v) is 4.75. The molecule has 102 valence electrons. The number of pyridine rings is 1. The summed E-state index contributed by atoms with van der Waals surface area (Å²) in [6.45, 7) is 0.